The number of nitrogens with zero attached hydrogens (tertiary/aromatic N) is 1. The molecule has 0 saturated carbocycles. The van der Waals surface area contributed by atoms with Gasteiger partial charge in [0.1, 0.15) is 18.0 Å². The number of aromatic amines is 1. The fourth-order valence-corrected chi connectivity index (χ4v) is 3.50. The number of aromatic nitrogens is 1. The molecule has 0 radical (unpaired) electrons. The zero-order valence-electron chi connectivity index (χ0n) is 13.6. The van der Waals surface area contributed by atoms with E-state index in [1.807, 2.05) is 6.07 Å². The van der Waals surface area contributed by atoms with E-state index < -0.39 is 0 Å². The van der Waals surface area contributed by atoms with Crippen LogP contribution in [-0.4, -0.2) is 28.9 Å². The third kappa shape index (κ3) is 2.42. The maximum absolute atomic E-state index is 5.34. The van der Waals surface area contributed by atoms with Gasteiger partial charge in [-0.3, -0.25) is 0 Å². The van der Waals surface area contributed by atoms with E-state index in [1.54, 1.807) is 7.11 Å². The Labute approximate surface area is 136 Å². The molecule has 3 aromatic rings. The standard InChI is InChI=1S/C20H20N2O/c1-14-20-18(17-9-8-16(23-2)12-19(17)21-20)10-11-22(14)13-15-6-4-3-5-7-15/h3-9,12H,10-11,13H2,1-2H3/p+1. The van der Waals surface area contributed by atoms with Gasteiger partial charge in [-0.25, -0.2) is 4.58 Å². The lowest BCUT2D eigenvalue weighted by Crippen LogP contribution is -2.27. The highest BCUT2D eigenvalue weighted by atomic mass is 16.5. The number of nitrogens with one attached hydrogen (secondary N) is 1. The molecule has 0 fully saturated rings. The minimum absolute atomic E-state index is 0.898. The van der Waals surface area contributed by atoms with Crippen LogP contribution in [0.3, 0.4) is 0 Å². The van der Waals surface area contributed by atoms with Crippen molar-refractivity contribution in [2.24, 2.45) is 0 Å². The van der Waals surface area contributed by atoms with Crippen LogP contribution in [0.4, 0.5) is 0 Å². The van der Waals surface area contributed by atoms with Crippen LogP contribution < -0.4 is 4.74 Å². The van der Waals surface area contributed by atoms with Gasteiger partial charge in [-0.1, -0.05) is 30.3 Å². The number of fused-ring (bicyclic) bond motifs is 3. The minimum atomic E-state index is 0.898. The van der Waals surface area contributed by atoms with Crippen molar-refractivity contribution >= 4 is 16.6 Å². The number of methoxy groups -OCH3 is 1. The smallest absolute Gasteiger partial charge is 0.197 e. The summed E-state index contributed by atoms with van der Waals surface area (Å²) in [5, 5.41) is 1.32. The molecule has 0 aliphatic carbocycles. The van der Waals surface area contributed by atoms with Gasteiger partial charge in [-0.15, -0.1) is 0 Å². The van der Waals surface area contributed by atoms with Gasteiger partial charge in [0.25, 0.3) is 0 Å². The van der Waals surface area contributed by atoms with Gasteiger partial charge in [0.05, 0.1) is 7.11 Å². The highest BCUT2D eigenvalue weighted by molar-refractivity contribution is 6.02. The van der Waals surface area contributed by atoms with Crippen molar-refractivity contribution in [2.75, 3.05) is 13.7 Å². The SMILES string of the molecule is COc1ccc2c3c([nH]c2c1)C(C)=[N+](Cc1ccccc1)CC3. The predicted molar refractivity (Wildman–Crippen MR) is 93.6 cm³/mol. The van der Waals surface area contributed by atoms with Crippen LogP contribution in [0, 0.1) is 0 Å². The Bertz CT molecular complexity index is 891. The fraction of sp³-hybridized carbons (Fsp3) is 0.250. The first kappa shape index (κ1) is 14.1. The van der Waals surface area contributed by atoms with E-state index in [0.717, 1.165) is 30.8 Å². The van der Waals surface area contributed by atoms with Crippen molar-refractivity contribution in [3.05, 3.63) is 65.4 Å². The third-order valence-corrected chi connectivity index (χ3v) is 4.80. The van der Waals surface area contributed by atoms with Crippen LogP contribution in [0.1, 0.15) is 23.7 Å². The summed E-state index contributed by atoms with van der Waals surface area (Å²) in [5.74, 6) is 0.898. The molecule has 0 saturated heterocycles. The van der Waals surface area contributed by atoms with E-state index in [1.165, 1.54) is 27.9 Å². The lowest BCUT2D eigenvalue weighted by molar-refractivity contribution is -0.545. The van der Waals surface area contributed by atoms with E-state index in [-0.39, 0.29) is 0 Å². The number of H-pyrrole nitrogens is 1. The van der Waals surface area contributed by atoms with Crippen molar-refractivity contribution in [3.63, 3.8) is 0 Å². The van der Waals surface area contributed by atoms with Gasteiger partial charge < -0.3 is 9.72 Å². The molecule has 1 aliphatic rings. The Balaban J connectivity index is 1.77. The van der Waals surface area contributed by atoms with Crippen molar-refractivity contribution < 1.29 is 9.31 Å². The molecule has 0 spiro atoms. The first-order valence-corrected chi connectivity index (χ1v) is 8.07. The van der Waals surface area contributed by atoms with E-state index in [2.05, 4.69) is 58.9 Å². The topological polar surface area (TPSA) is 28.0 Å². The van der Waals surface area contributed by atoms with Gasteiger partial charge >= 0.3 is 0 Å². The third-order valence-electron chi connectivity index (χ3n) is 4.80. The summed E-state index contributed by atoms with van der Waals surface area (Å²) in [5.41, 5.74) is 6.55. The van der Waals surface area contributed by atoms with Crippen LogP contribution in [0.5, 0.6) is 5.75 Å². The summed E-state index contributed by atoms with van der Waals surface area (Å²) in [4.78, 5) is 3.60. The molecule has 0 atom stereocenters. The number of benzene rings is 2. The fourth-order valence-electron chi connectivity index (χ4n) is 3.50. The quantitative estimate of drug-likeness (QED) is 0.733. The molecular weight excluding hydrogens is 284 g/mol. The van der Waals surface area contributed by atoms with E-state index in [0.29, 0.717) is 0 Å². The largest absolute Gasteiger partial charge is 0.497 e. The second kappa shape index (κ2) is 5.58. The van der Waals surface area contributed by atoms with Crippen molar-refractivity contribution in [2.45, 2.75) is 19.9 Å². The normalized spacial score (nSPS) is 14.2. The molecule has 1 aromatic heterocycles. The summed E-state index contributed by atoms with van der Waals surface area (Å²) in [6, 6.07) is 17.0. The second-order valence-electron chi connectivity index (χ2n) is 6.13. The molecule has 2 aromatic carbocycles. The van der Waals surface area contributed by atoms with E-state index in [4.69, 9.17) is 4.74 Å². The maximum Gasteiger partial charge on any atom is 0.197 e. The molecule has 1 aliphatic heterocycles. The summed E-state index contributed by atoms with van der Waals surface area (Å²) < 4.78 is 7.81. The van der Waals surface area contributed by atoms with Gasteiger partial charge in [0.2, 0.25) is 0 Å². The summed E-state index contributed by atoms with van der Waals surface area (Å²) in [6.45, 7) is 4.24. The predicted octanol–water partition coefficient (Wildman–Crippen LogP) is 3.75. The molecule has 116 valence electrons. The monoisotopic (exact) mass is 305 g/mol. The second-order valence-corrected chi connectivity index (χ2v) is 6.13. The van der Waals surface area contributed by atoms with Gasteiger partial charge in [-0.2, -0.15) is 0 Å². The summed E-state index contributed by atoms with van der Waals surface area (Å²) >= 11 is 0. The Hall–Kier alpha value is -2.55. The van der Waals surface area contributed by atoms with Crippen LogP contribution in [0.2, 0.25) is 0 Å². The van der Waals surface area contributed by atoms with Crippen LogP contribution in [-0.2, 0) is 13.0 Å². The average molecular weight is 305 g/mol. The lowest BCUT2D eigenvalue weighted by atomic mass is 10.0. The molecule has 3 heteroatoms. The summed E-state index contributed by atoms with van der Waals surface area (Å²) in [7, 11) is 1.71. The zero-order chi connectivity index (χ0) is 15.8. The molecule has 2 heterocycles. The highest BCUT2D eigenvalue weighted by Gasteiger charge is 2.26. The number of hydrogen-bond acceptors (Lipinski definition) is 1. The summed E-state index contributed by atoms with van der Waals surface area (Å²) in [6.07, 6.45) is 1.08. The van der Waals surface area contributed by atoms with Crippen LogP contribution in [0.25, 0.3) is 10.9 Å². The maximum atomic E-state index is 5.34. The zero-order valence-corrected chi connectivity index (χ0v) is 13.6. The van der Waals surface area contributed by atoms with Crippen molar-refractivity contribution in [1.82, 2.24) is 4.98 Å². The first-order chi connectivity index (χ1) is 11.3. The Morgan fingerprint density at radius 2 is 1.96 bits per heavy atom. The van der Waals surface area contributed by atoms with E-state index >= 15 is 0 Å². The molecular formula is C20H21N2O+. The van der Waals surface area contributed by atoms with Crippen LogP contribution >= 0.6 is 0 Å². The molecule has 1 N–H and O–H groups in total. The number of hydrogen-bond donors (Lipinski definition) is 1. The Kier molecular flexibility index (Phi) is 3.41. The van der Waals surface area contributed by atoms with Gasteiger partial charge in [0.15, 0.2) is 12.3 Å². The minimum Gasteiger partial charge on any atom is -0.497 e. The lowest BCUT2D eigenvalue weighted by Gasteiger charge is -2.14. The Morgan fingerprint density at radius 1 is 1.13 bits per heavy atom. The highest BCUT2D eigenvalue weighted by Crippen LogP contribution is 2.29. The number of ether oxygens (including phenoxy) is 1. The van der Waals surface area contributed by atoms with Gasteiger partial charge in [0, 0.05) is 35.9 Å². The molecule has 0 amide bonds. The first-order valence-electron chi connectivity index (χ1n) is 8.07. The molecule has 0 bridgehead atoms. The van der Waals surface area contributed by atoms with E-state index in [9.17, 15) is 0 Å². The van der Waals surface area contributed by atoms with Crippen molar-refractivity contribution in [1.29, 1.82) is 0 Å². The molecule has 4 rings (SSSR count). The molecule has 0 unspecified atom stereocenters. The van der Waals surface area contributed by atoms with Crippen LogP contribution in [0.15, 0.2) is 48.5 Å². The molecule has 3 nitrogen and oxygen atoms in total. The Morgan fingerprint density at radius 3 is 2.74 bits per heavy atom. The van der Waals surface area contributed by atoms with Crippen molar-refractivity contribution in [3.8, 4) is 5.75 Å². The van der Waals surface area contributed by atoms with Gasteiger partial charge in [-0.05, 0) is 17.7 Å². The average Bonchev–Trinajstić information content (AvgIpc) is 2.97. The number of rotatable bonds is 3. The molecule has 23 heavy (non-hydrogen) atoms.